The lowest BCUT2D eigenvalue weighted by Crippen LogP contribution is -2.48. The minimum atomic E-state index is -0.119. The van der Waals surface area contributed by atoms with Gasteiger partial charge in [-0.05, 0) is 0 Å². The molecule has 0 bridgehead atoms. The first-order valence-electron chi connectivity index (χ1n) is 6.46. The fourth-order valence-electron chi connectivity index (χ4n) is 1.90. The number of rotatable bonds is 5. The third kappa shape index (κ3) is 4.46. The van der Waals surface area contributed by atoms with E-state index in [4.69, 9.17) is 4.74 Å². The molecule has 0 aliphatic carbocycles. The van der Waals surface area contributed by atoms with Crippen LogP contribution in [0.25, 0.3) is 0 Å². The topological polar surface area (TPSA) is 58.6 Å². The molecule has 0 aromatic heterocycles. The highest BCUT2D eigenvalue weighted by atomic mass is 16.5. The Kier molecular flexibility index (Phi) is 5.06. The minimum absolute atomic E-state index is 0.00210. The first-order valence-corrected chi connectivity index (χ1v) is 6.46. The van der Waals surface area contributed by atoms with E-state index in [2.05, 4.69) is 5.43 Å². The van der Waals surface area contributed by atoms with Gasteiger partial charge in [-0.15, -0.1) is 0 Å². The summed E-state index contributed by atoms with van der Waals surface area (Å²) in [7, 11) is 0. The Morgan fingerprint density at radius 1 is 1.11 bits per heavy atom. The second-order valence-electron chi connectivity index (χ2n) is 4.42. The summed E-state index contributed by atoms with van der Waals surface area (Å²) in [5.41, 5.74) is 3.44. The summed E-state index contributed by atoms with van der Waals surface area (Å²) < 4.78 is 5.19. The van der Waals surface area contributed by atoms with Crippen LogP contribution in [0, 0.1) is 0 Å². The first kappa shape index (κ1) is 13.7. The molecule has 1 heterocycles. The summed E-state index contributed by atoms with van der Waals surface area (Å²) in [4.78, 5) is 23.5. The number of morpholine rings is 1. The van der Waals surface area contributed by atoms with Gasteiger partial charge in [-0.25, -0.2) is 5.01 Å². The molecular formula is C14H18N2O3. The van der Waals surface area contributed by atoms with Crippen LogP contribution in [-0.2, 0) is 9.53 Å². The molecule has 1 aliphatic heterocycles. The molecule has 102 valence electrons. The van der Waals surface area contributed by atoms with Gasteiger partial charge >= 0.3 is 0 Å². The molecule has 19 heavy (non-hydrogen) atoms. The van der Waals surface area contributed by atoms with E-state index in [1.807, 2.05) is 23.2 Å². The van der Waals surface area contributed by atoms with Gasteiger partial charge in [0.15, 0.2) is 5.78 Å². The number of benzene rings is 1. The second kappa shape index (κ2) is 7.01. The van der Waals surface area contributed by atoms with Crippen molar-refractivity contribution in [2.75, 3.05) is 26.3 Å². The Hall–Kier alpha value is -1.72. The second-order valence-corrected chi connectivity index (χ2v) is 4.42. The lowest BCUT2D eigenvalue weighted by molar-refractivity contribution is -0.127. The number of carbonyl (C=O) groups excluding carboxylic acids is 2. The van der Waals surface area contributed by atoms with Crippen molar-refractivity contribution in [1.82, 2.24) is 10.4 Å². The molecule has 0 spiro atoms. The average molecular weight is 262 g/mol. The van der Waals surface area contributed by atoms with Gasteiger partial charge in [-0.3, -0.25) is 15.0 Å². The Bertz CT molecular complexity index is 428. The first-order chi connectivity index (χ1) is 9.25. The number of hydrazine groups is 1. The molecule has 1 amide bonds. The van der Waals surface area contributed by atoms with Crippen LogP contribution < -0.4 is 5.43 Å². The van der Waals surface area contributed by atoms with Crippen molar-refractivity contribution in [1.29, 1.82) is 0 Å². The largest absolute Gasteiger partial charge is 0.379 e. The Balaban J connectivity index is 1.72. The summed E-state index contributed by atoms with van der Waals surface area (Å²) >= 11 is 0. The molecule has 1 aromatic carbocycles. The van der Waals surface area contributed by atoms with Gasteiger partial charge in [0.05, 0.1) is 13.2 Å². The van der Waals surface area contributed by atoms with E-state index in [-0.39, 0.29) is 24.5 Å². The molecule has 0 radical (unpaired) electrons. The molecule has 0 atom stereocenters. The lowest BCUT2D eigenvalue weighted by Gasteiger charge is -2.26. The lowest BCUT2D eigenvalue weighted by atomic mass is 10.1. The highest BCUT2D eigenvalue weighted by Gasteiger charge is 2.14. The van der Waals surface area contributed by atoms with Gasteiger partial charge in [0.1, 0.15) is 0 Å². The van der Waals surface area contributed by atoms with Crippen LogP contribution in [0.15, 0.2) is 30.3 Å². The molecular weight excluding hydrogens is 244 g/mol. The molecule has 1 aliphatic rings. The maximum absolute atomic E-state index is 11.8. The van der Waals surface area contributed by atoms with Crippen molar-refractivity contribution in [3.8, 4) is 0 Å². The van der Waals surface area contributed by atoms with Crippen LogP contribution in [0.4, 0.5) is 0 Å². The minimum Gasteiger partial charge on any atom is -0.379 e. The van der Waals surface area contributed by atoms with E-state index in [1.165, 1.54) is 0 Å². The van der Waals surface area contributed by atoms with Crippen molar-refractivity contribution in [2.24, 2.45) is 0 Å². The third-order valence-electron chi connectivity index (χ3n) is 2.97. The zero-order valence-corrected chi connectivity index (χ0v) is 10.8. The Labute approximate surface area is 112 Å². The third-order valence-corrected chi connectivity index (χ3v) is 2.97. The molecule has 2 rings (SSSR count). The molecule has 5 heteroatoms. The smallest absolute Gasteiger partial charge is 0.234 e. The standard InChI is InChI=1S/C14H18N2O3/c17-13(12-4-2-1-3-5-12)6-7-14(18)15-16-8-10-19-11-9-16/h1-5H,6-11H2,(H,15,18). The normalized spacial score (nSPS) is 16.0. The average Bonchev–Trinajstić information content (AvgIpc) is 2.47. The number of amides is 1. The SMILES string of the molecule is O=C(CCC(=O)c1ccccc1)NN1CCOCC1. The van der Waals surface area contributed by atoms with Crippen molar-refractivity contribution < 1.29 is 14.3 Å². The quantitative estimate of drug-likeness (QED) is 0.805. The molecule has 1 N–H and O–H groups in total. The number of nitrogens with zero attached hydrogens (tertiary/aromatic N) is 1. The zero-order chi connectivity index (χ0) is 13.5. The predicted octanol–water partition coefficient (Wildman–Crippen LogP) is 1.01. The van der Waals surface area contributed by atoms with Crippen LogP contribution in [0.5, 0.6) is 0 Å². The molecule has 5 nitrogen and oxygen atoms in total. The number of ketones is 1. The van der Waals surface area contributed by atoms with Gasteiger partial charge < -0.3 is 4.74 Å². The number of hydrogen-bond acceptors (Lipinski definition) is 4. The van der Waals surface area contributed by atoms with Gasteiger partial charge in [-0.1, -0.05) is 30.3 Å². The summed E-state index contributed by atoms with van der Waals surface area (Å²) in [5, 5.41) is 1.83. The molecule has 1 saturated heterocycles. The maximum atomic E-state index is 11.8. The van der Waals surface area contributed by atoms with E-state index in [9.17, 15) is 9.59 Å². The number of ether oxygens (including phenoxy) is 1. The highest BCUT2D eigenvalue weighted by Crippen LogP contribution is 2.05. The number of nitrogens with one attached hydrogen (secondary N) is 1. The van der Waals surface area contributed by atoms with E-state index in [0.717, 1.165) is 0 Å². The van der Waals surface area contributed by atoms with Crippen LogP contribution in [0.3, 0.4) is 0 Å². The maximum Gasteiger partial charge on any atom is 0.234 e. The van der Waals surface area contributed by atoms with E-state index >= 15 is 0 Å². The van der Waals surface area contributed by atoms with Crippen molar-refractivity contribution in [3.63, 3.8) is 0 Å². The van der Waals surface area contributed by atoms with Crippen molar-refractivity contribution in [3.05, 3.63) is 35.9 Å². The Morgan fingerprint density at radius 2 is 1.79 bits per heavy atom. The molecule has 1 fully saturated rings. The zero-order valence-electron chi connectivity index (χ0n) is 10.8. The molecule has 1 aromatic rings. The van der Waals surface area contributed by atoms with Gasteiger partial charge in [0.25, 0.3) is 0 Å². The summed E-state index contributed by atoms with van der Waals surface area (Å²) in [6, 6.07) is 9.04. The summed E-state index contributed by atoms with van der Waals surface area (Å²) in [6.45, 7) is 2.64. The number of Topliss-reactive ketones (excluding diaryl/α,β-unsaturated/α-hetero) is 1. The monoisotopic (exact) mass is 262 g/mol. The van der Waals surface area contributed by atoms with Gasteiger partial charge in [-0.2, -0.15) is 0 Å². The van der Waals surface area contributed by atoms with Crippen LogP contribution in [0.2, 0.25) is 0 Å². The number of hydrogen-bond donors (Lipinski definition) is 1. The molecule has 0 unspecified atom stereocenters. The van der Waals surface area contributed by atoms with Crippen LogP contribution in [0.1, 0.15) is 23.2 Å². The summed E-state index contributed by atoms with van der Waals surface area (Å²) in [6.07, 6.45) is 0.450. The van der Waals surface area contributed by atoms with Gasteiger partial charge in [0.2, 0.25) is 5.91 Å². The predicted molar refractivity (Wildman–Crippen MR) is 70.5 cm³/mol. The summed E-state index contributed by atoms with van der Waals surface area (Å²) in [5.74, 6) is -0.121. The van der Waals surface area contributed by atoms with E-state index in [1.54, 1.807) is 12.1 Å². The van der Waals surface area contributed by atoms with E-state index in [0.29, 0.717) is 31.9 Å². The fourth-order valence-corrected chi connectivity index (χ4v) is 1.90. The van der Waals surface area contributed by atoms with Crippen molar-refractivity contribution >= 4 is 11.7 Å². The highest BCUT2D eigenvalue weighted by molar-refractivity contribution is 5.97. The van der Waals surface area contributed by atoms with Crippen LogP contribution >= 0.6 is 0 Å². The van der Waals surface area contributed by atoms with E-state index < -0.39 is 0 Å². The molecule has 0 saturated carbocycles. The number of carbonyl (C=O) groups is 2. The van der Waals surface area contributed by atoms with Crippen LogP contribution in [-0.4, -0.2) is 43.0 Å². The Morgan fingerprint density at radius 3 is 2.47 bits per heavy atom. The van der Waals surface area contributed by atoms with Crippen molar-refractivity contribution in [2.45, 2.75) is 12.8 Å². The van der Waals surface area contributed by atoms with Gasteiger partial charge in [0, 0.05) is 31.5 Å². The fraction of sp³-hybridized carbons (Fsp3) is 0.429.